The van der Waals surface area contributed by atoms with Gasteiger partial charge in [0.1, 0.15) is 11.2 Å². The van der Waals surface area contributed by atoms with Crippen molar-refractivity contribution in [2.24, 2.45) is 0 Å². The van der Waals surface area contributed by atoms with Crippen LogP contribution in [0.1, 0.15) is 25.0 Å². The molecule has 0 radical (unpaired) electrons. The summed E-state index contributed by atoms with van der Waals surface area (Å²) >= 11 is 0. The molecule has 0 spiro atoms. The molecule has 0 aliphatic heterocycles. The first-order chi connectivity index (χ1) is 28.0. The van der Waals surface area contributed by atoms with Crippen LogP contribution in [0.4, 0.5) is 17.1 Å². The first kappa shape index (κ1) is 33.2. The molecule has 57 heavy (non-hydrogen) atoms. The lowest BCUT2D eigenvalue weighted by Gasteiger charge is -2.38. The normalized spacial score (nSPS) is 12.9. The maximum Gasteiger partial charge on any atom is 0.143 e. The molecule has 2 heteroatoms. The van der Waals surface area contributed by atoms with E-state index >= 15 is 0 Å². The van der Waals surface area contributed by atoms with E-state index in [0.29, 0.717) is 0 Å². The summed E-state index contributed by atoms with van der Waals surface area (Å²) in [6, 6.07) is 72.6. The standard InChI is InChI=1S/C55H39NO/c1-55(2)48-21-11-17-40-28-34-50(53(52(40)48)47-33-27-41(35-49(47)55)44-19-12-20-46-45-18-9-10-22-51(45)57-54(44)46)56(42-29-23-38(24-30-42)36-13-5-3-6-14-36)43-31-25-39(26-32-43)37-15-7-4-8-16-37/h3-35H,1-2H3. The summed E-state index contributed by atoms with van der Waals surface area (Å²) in [6.07, 6.45) is 0. The van der Waals surface area contributed by atoms with Crippen LogP contribution in [0.5, 0.6) is 0 Å². The molecule has 0 atom stereocenters. The maximum absolute atomic E-state index is 6.55. The van der Waals surface area contributed by atoms with Gasteiger partial charge in [-0.2, -0.15) is 0 Å². The Labute approximate surface area is 332 Å². The van der Waals surface area contributed by atoms with Crippen molar-refractivity contribution in [1.82, 2.24) is 0 Å². The minimum atomic E-state index is -0.252. The van der Waals surface area contributed by atoms with Gasteiger partial charge < -0.3 is 9.32 Å². The van der Waals surface area contributed by atoms with E-state index in [1.54, 1.807) is 0 Å². The summed E-state index contributed by atoms with van der Waals surface area (Å²) in [5, 5.41) is 4.85. The zero-order valence-corrected chi connectivity index (χ0v) is 31.9. The fraction of sp³-hybridized carbons (Fsp3) is 0.0545. The number of fused-ring (bicyclic) bond motifs is 5. The van der Waals surface area contributed by atoms with Crippen LogP contribution < -0.4 is 4.90 Å². The quantitative estimate of drug-likeness (QED) is 0.169. The van der Waals surface area contributed by atoms with E-state index in [0.717, 1.165) is 50.1 Å². The lowest BCUT2D eigenvalue weighted by Crippen LogP contribution is -2.24. The second kappa shape index (κ2) is 13.0. The second-order valence-electron chi connectivity index (χ2n) is 15.7. The fourth-order valence-electron chi connectivity index (χ4n) is 9.21. The van der Waals surface area contributed by atoms with Gasteiger partial charge >= 0.3 is 0 Å². The molecule has 0 saturated heterocycles. The molecule has 10 aromatic rings. The Morgan fingerprint density at radius 3 is 1.68 bits per heavy atom. The number of anilines is 3. The van der Waals surface area contributed by atoms with Crippen molar-refractivity contribution in [2.75, 3.05) is 4.90 Å². The number of para-hydroxylation sites is 2. The van der Waals surface area contributed by atoms with Crippen molar-refractivity contribution in [3.63, 3.8) is 0 Å². The minimum absolute atomic E-state index is 0.252. The average Bonchev–Trinajstić information content (AvgIpc) is 3.66. The van der Waals surface area contributed by atoms with Gasteiger partial charge in [-0.1, -0.05) is 172 Å². The van der Waals surface area contributed by atoms with Gasteiger partial charge in [0.25, 0.3) is 0 Å². The highest BCUT2D eigenvalue weighted by atomic mass is 16.3. The number of nitrogens with zero attached hydrogens (tertiary/aromatic N) is 1. The van der Waals surface area contributed by atoms with Crippen LogP contribution in [0.25, 0.3) is 77.2 Å². The molecule has 1 heterocycles. The molecule has 0 N–H and O–H groups in total. The zero-order chi connectivity index (χ0) is 38.1. The Balaban J connectivity index is 1.13. The zero-order valence-electron chi connectivity index (χ0n) is 31.9. The third-order valence-electron chi connectivity index (χ3n) is 12.1. The molecule has 1 aliphatic rings. The SMILES string of the molecule is CC1(C)c2cc(-c3cccc4c3oc3ccccc34)ccc2-c2c(N(c3ccc(-c4ccccc4)cc3)c3ccc(-c4ccccc4)cc3)ccc3cccc1c23. The molecule has 9 aromatic carbocycles. The molecule has 1 aromatic heterocycles. The summed E-state index contributed by atoms with van der Waals surface area (Å²) in [6.45, 7) is 4.76. The van der Waals surface area contributed by atoms with Crippen LogP contribution in [-0.4, -0.2) is 0 Å². The van der Waals surface area contributed by atoms with Gasteiger partial charge in [-0.3, -0.25) is 0 Å². The Morgan fingerprint density at radius 1 is 0.421 bits per heavy atom. The first-order valence-electron chi connectivity index (χ1n) is 19.8. The van der Waals surface area contributed by atoms with E-state index in [1.807, 2.05) is 6.07 Å². The monoisotopic (exact) mass is 729 g/mol. The Morgan fingerprint density at radius 2 is 1.00 bits per heavy atom. The van der Waals surface area contributed by atoms with E-state index in [9.17, 15) is 0 Å². The predicted octanol–water partition coefficient (Wildman–Crippen LogP) is 15.5. The van der Waals surface area contributed by atoms with Gasteiger partial charge in [0.05, 0.1) is 5.69 Å². The van der Waals surface area contributed by atoms with Crippen LogP contribution in [0, 0.1) is 0 Å². The maximum atomic E-state index is 6.55. The lowest BCUT2D eigenvalue weighted by molar-refractivity contribution is 0.645. The average molecular weight is 730 g/mol. The van der Waals surface area contributed by atoms with Crippen molar-refractivity contribution < 1.29 is 4.42 Å². The van der Waals surface area contributed by atoms with Gasteiger partial charge in [-0.15, -0.1) is 0 Å². The number of hydrogen-bond donors (Lipinski definition) is 0. The number of hydrogen-bond acceptors (Lipinski definition) is 2. The van der Waals surface area contributed by atoms with Gasteiger partial charge in [0, 0.05) is 38.7 Å². The van der Waals surface area contributed by atoms with Gasteiger partial charge in [0.15, 0.2) is 0 Å². The number of rotatable bonds is 6. The third-order valence-corrected chi connectivity index (χ3v) is 12.1. The highest BCUT2D eigenvalue weighted by molar-refractivity contribution is 6.12. The van der Waals surface area contributed by atoms with Crippen molar-refractivity contribution in [3.05, 3.63) is 211 Å². The van der Waals surface area contributed by atoms with Crippen LogP contribution in [0.3, 0.4) is 0 Å². The fourth-order valence-corrected chi connectivity index (χ4v) is 9.21. The highest BCUT2D eigenvalue weighted by Crippen LogP contribution is 2.54. The van der Waals surface area contributed by atoms with E-state index in [-0.39, 0.29) is 5.41 Å². The summed E-state index contributed by atoms with van der Waals surface area (Å²) < 4.78 is 6.55. The number of furan rings is 1. The van der Waals surface area contributed by atoms with Crippen LogP contribution in [0.15, 0.2) is 205 Å². The third kappa shape index (κ3) is 5.33. The van der Waals surface area contributed by atoms with Crippen molar-refractivity contribution in [3.8, 4) is 44.5 Å². The van der Waals surface area contributed by atoms with Crippen molar-refractivity contribution >= 4 is 49.8 Å². The lowest BCUT2D eigenvalue weighted by atomic mass is 9.67. The Kier molecular flexibility index (Phi) is 7.55. The van der Waals surface area contributed by atoms with Crippen LogP contribution >= 0.6 is 0 Å². The second-order valence-corrected chi connectivity index (χ2v) is 15.7. The first-order valence-corrected chi connectivity index (χ1v) is 19.8. The summed E-state index contributed by atoms with van der Waals surface area (Å²) in [5.74, 6) is 0. The summed E-state index contributed by atoms with van der Waals surface area (Å²) in [7, 11) is 0. The molecule has 0 fully saturated rings. The minimum Gasteiger partial charge on any atom is -0.455 e. The molecule has 1 aliphatic carbocycles. The van der Waals surface area contributed by atoms with Gasteiger partial charge in [-0.25, -0.2) is 0 Å². The van der Waals surface area contributed by atoms with Gasteiger partial charge in [0.2, 0.25) is 0 Å². The predicted molar refractivity (Wildman–Crippen MR) is 240 cm³/mol. The van der Waals surface area contributed by atoms with E-state index in [2.05, 4.69) is 213 Å². The van der Waals surface area contributed by atoms with E-state index < -0.39 is 0 Å². The topological polar surface area (TPSA) is 16.4 Å². The molecule has 2 nitrogen and oxygen atoms in total. The molecular formula is C55H39NO. The molecule has 0 bridgehead atoms. The molecule has 0 unspecified atom stereocenters. The summed E-state index contributed by atoms with van der Waals surface area (Å²) in [4.78, 5) is 2.44. The van der Waals surface area contributed by atoms with Crippen molar-refractivity contribution in [2.45, 2.75) is 19.3 Å². The smallest absolute Gasteiger partial charge is 0.143 e. The molecule has 0 saturated carbocycles. The molecule has 0 amide bonds. The van der Waals surface area contributed by atoms with E-state index in [1.165, 1.54) is 55.3 Å². The highest BCUT2D eigenvalue weighted by Gasteiger charge is 2.36. The number of benzene rings is 9. The molecular weight excluding hydrogens is 691 g/mol. The largest absolute Gasteiger partial charge is 0.455 e. The van der Waals surface area contributed by atoms with Crippen LogP contribution in [0.2, 0.25) is 0 Å². The Hall–Kier alpha value is -7.16. The van der Waals surface area contributed by atoms with Crippen LogP contribution in [-0.2, 0) is 5.41 Å². The van der Waals surface area contributed by atoms with E-state index in [4.69, 9.17) is 4.42 Å². The molecule has 11 rings (SSSR count). The van der Waals surface area contributed by atoms with Crippen molar-refractivity contribution in [1.29, 1.82) is 0 Å². The Bertz CT molecular complexity index is 3040. The molecule has 270 valence electrons. The summed E-state index contributed by atoms with van der Waals surface area (Å²) in [5.41, 5.74) is 17.2. The van der Waals surface area contributed by atoms with Gasteiger partial charge in [-0.05, 0) is 97.7 Å².